The topological polar surface area (TPSA) is 86.7 Å². The minimum atomic E-state index is -3.88. The van der Waals surface area contributed by atoms with Crippen molar-refractivity contribution in [3.05, 3.63) is 28.8 Å². The normalized spacial score (nSPS) is 39.7. The Morgan fingerprint density at radius 3 is 2.55 bits per heavy atom. The number of halogens is 1. The Balaban J connectivity index is 1.44. The molecular formula is C23H31ClN2O4S. The Morgan fingerprint density at radius 2 is 1.90 bits per heavy atom. The third-order valence-corrected chi connectivity index (χ3v) is 10.8. The maximum absolute atomic E-state index is 13.7. The van der Waals surface area contributed by atoms with E-state index in [2.05, 4.69) is 5.32 Å². The maximum Gasteiger partial charge on any atom is 0.244 e. The summed E-state index contributed by atoms with van der Waals surface area (Å²) in [7, 11) is -3.88. The minimum absolute atomic E-state index is 0.157. The van der Waals surface area contributed by atoms with Gasteiger partial charge in [0.25, 0.3) is 0 Å². The molecule has 8 heteroatoms. The van der Waals surface area contributed by atoms with Crippen LogP contribution in [0.4, 0.5) is 0 Å². The van der Waals surface area contributed by atoms with Crippen LogP contribution in [-0.2, 0) is 14.8 Å². The van der Waals surface area contributed by atoms with Gasteiger partial charge in [0.05, 0.1) is 10.5 Å². The summed E-state index contributed by atoms with van der Waals surface area (Å²) >= 11 is 6.19. The lowest BCUT2D eigenvalue weighted by Crippen LogP contribution is -2.68. The van der Waals surface area contributed by atoms with Gasteiger partial charge < -0.3 is 10.4 Å². The molecule has 5 aliphatic rings. The van der Waals surface area contributed by atoms with E-state index in [0.29, 0.717) is 48.2 Å². The Kier molecular flexibility index (Phi) is 4.84. The van der Waals surface area contributed by atoms with Crippen LogP contribution in [0.3, 0.4) is 0 Å². The number of nitrogens with zero attached hydrogens (tertiary/aromatic N) is 1. The second-order valence-electron chi connectivity index (χ2n) is 10.7. The Hall–Kier alpha value is -1.15. The average Bonchev–Trinajstić information content (AvgIpc) is 3.05. The highest BCUT2D eigenvalue weighted by atomic mass is 35.5. The smallest absolute Gasteiger partial charge is 0.244 e. The highest BCUT2D eigenvalue weighted by Gasteiger charge is 2.59. The maximum atomic E-state index is 13.7. The van der Waals surface area contributed by atoms with Crippen molar-refractivity contribution >= 4 is 27.5 Å². The standard InChI is InChI=1S/C23H31ClN2O4S/c1-15-18(24)5-3-6-19(15)31(29,30)26-8-4-7-21(26,2)20(27)25-22-10-16-9-17(11-22)13-23(28,12-16)14-22/h3,5-6,16-17,28H,4,7-14H2,1-2H3,(H,25,27)/t16-,17+,21-,22?,23?/m1/s1. The van der Waals surface area contributed by atoms with Crippen LogP contribution in [0.2, 0.25) is 5.02 Å². The van der Waals surface area contributed by atoms with Crippen LogP contribution in [0, 0.1) is 18.8 Å². The largest absolute Gasteiger partial charge is 0.390 e. The molecule has 2 unspecified atom stereocenters. The van der Waals surface area contributed by atoms with E-state index in [1.54, 1.807) is 32.0 Å². The number of nitrogens with one attached hydrogen (secondary N) is 1. The second-order valence-corrected chi connectivity index (χ2v) is 13.0. The zero-order valence-corrected chi connectivity index (χ0v) is 19.7. The molecular weight excluding hydrogens is 436 g/mol. The van der Waals surface area contributed by atoms with Crippen molar-refractivity contribution in [1.29, 1.82) is 0 Å². The summed E-state index contributed by atoms with van der Waals surface area (Å²) < 4.78 is 28.5. The van der Waals surface area contributed by atoms with E-state index in [1.165, 1.54) is 4.31 Å². The van der Waals surface area contributed by atoms with Crippen LogP contribution in [0.15, 0.2) is 23.1 Å². The molecule has 4 bridgehead atoms. The first-order valence-electron chi connectivity index (χ1n) is 11.3. The molecule has 6 rings (SSSR count). The summed E-state index contributed by atoms with van der Waals surface area (Å²) in [5.74, 6) is 0.646. The molecule has 0 spiro atoms. The van der Waals surface area contributed by atoms with Gasteiger partial charge in [-0.05, 0) is 94.7 Å². The van der Waals surface area contributed by atoms with E-state index < -0.39 is 26.7 Å². The van der Waals surface area contributed by atoms with Gasteiger partial charge in [0, 0.05) is 17.1 Å². The third kappa shape index (κ3) is 3.35. The number of carbonyl (C=O) groups is 1. The molecule has 31 heavy (non-hydrogen) atoms. The third-order valence-electron chi connectivity index (χ3n) is 8.26. The van der Waals surface area contributed by atoms with E-state index in [9.17, 15) is 18.3 Å². The number of hydrogen-bond acceptors (Lipinski definition) is 4. The Morgan fingerprint density at radius 1 is 1.23 bits per heavy atom. The molecule has 1 aromatic carbocycles. The highest BCUT2D eigenvalue weighted by Crippen LogP contribution is 2.57. The summed E-state index contributed by atoms with van der Waals surface area (Å²) in [6, 6.07) is 4.86. The molecule has 1 amide bonds. The second kappa shape index (κ2) is 6.92. The van der Waals surface area contributed by atoms with Gasteiger partial charge in [-0.15, -0.1) is 0 Å². The van der Waals surface area contributed by atoms with Gasteiger partial charge >= 0.3 is 0 Å². The van der Waals surface area contributed by atoms with Gasteiger partial charge in [0.1, 0.15) is 5.54 Å². The van der Waals surface area contributed by atoms with Crippen LogP contribution < -0.4 is 5.32 Å². The van der Waals surface area contributed by atoms with E-state index >= 15 is 0 Å². The van der Waals surface area contributed by atoms with Crippen molar-refractivity contribution in [3.63, 3.8) is 0 Å². The number of amides is 1. The Labute approximate surface area is 189 Å². The monoisotopic (exact) mass is 466 g/mol. The van der Waals surface area contributed by atoms with Crippen LogP contribution in [0.1, 0.15) is 63.9 Å². The SMILES string of the molecule is Cc1c(Cl)cccc1S(=O)(=O)N1CCC[C@]1(C)C(=O)NC12C[C@@H]3C[C@@H](CC(O)(C3)C1)C2. The number of benzene rings is 1. The predicted octanol–water partition coefficient (Wildman–Crippen LogP) is 3.39. The number of sulfonamides is 1. The molecule has 0 aromatic heterocycles. The molecule has 170 valence electrons. The van der Waals surface area contributed by atoms with Gasteiger partial charge in [-0.2, -0.15) is 4.31 Å². The van der Waals surface area contributed by atoms with Crippen molar-refractivity contribution in [1.82, 2.24) is 9.62 Å². The summed E-state index contributed by atoms with van der Waals surface area (Å²) in [6.07, 6.45) is 6.23. The molecule has 1 aromatic rings. The first-order chi connectivity index (χ1) is 14.5. The lowest BCUT2D eigenvalue weighted by molar-refractivity contribution is -0.154. The van der Waals surface area contributed by atoms with Gasteiger partial charge in [-0.1, -0.05) is 17.7 Å². The molecule has 1 saturated heterocycles. The number of rotatable bonds is 4. The van der Waals surface area contributed by atoms with Crippen molar-refractivity contribution in [2.45, 2.75) is 86.8 Å². The van der Waals surface area contributed by atoms with Crippen molar-refractivity contribution < 1.29 is 18.3 Å². The molecule has 5 atom stereocenters. The van der Waals surface area contributed by atoms with Gasteiger partial charge in [0.15, 0.2) is 0 Å². The fourth-order valence-corrected chi connectivity index (χ4v) is 9.56. The first-order valence-corrected chi connectivity index (χ1v) is 13.1. The van der Waals surface area contributed by atoms with Crippen LogP contribution >= 0.6 is 11.6 Å². The number of aliphatic hydroxyl groups is 1. The molecule has 5 fully saturated rings. The van der Waals surface area contributed by atoms with E-state index in [0.717, 1.165) is 32.1 Å². The van der Waals surface area contributed by atoms with Crippen molar-refractivity contribution in [2.24, 2.45) is 11.8 Å². The van der Waals surface area contributed by atoms with E-state index in [1.807, 2.05) is 0 Å². The van der Waals surface area contributed by atoms with E-state index in [4.69, 9.17) is 11.6 Å². The minimum Gasteiger partial charge on any atom is -0.390 e. The number of hydrogen-bond donors (Lipinski definition) is 2. The van der Waals surface area contributed by atoms with Gasteiger partial charge in [-0.3, -0.25) is 4.79 Å². The Bertz CT molecular complexity index is 1030. The molecule has 0 radical (unpaired) electrons. The molecule has 1 heterocycles. The molecule has 4 aliphatic carbocycles. The van der Waals surface area contributed by atoms with Crippen LogP contribution in [-0.4, -0.2) is 47.0 Å². The molecule has 6 nitrogen and oxygen atoms in total. The first kappa shape index (κ1) is 21.7. The lowest BCUT2D eigenvalue weighted by atomic mass is 9.51. The summed E-state index contributed by atoms with van der Waals surface area (Å²) in [6.45, 7) is 3.74. The van der Waals surface area contributed by atoms with Gasteiger partial charge in [-0.25, -0.2) is 8.42 Å². The zero-order chi connectivity index (χ0) is 22.2. The summed E-state index contributed by atoms with van der Waals surface area (Å²) in [4.78, 5) is 13.8. The van der Waals surface area contributed by atoms with Gasteiger partial charge in [0.2, 0.25) is 15.9 Å². The predicted molar refractivity (Wildman–Crippen MR) is 118 cm³/mol. The number of carbonyl (C=O) groups excluding carboxylic acids is 1. The lowest BCUT2D eigenvalue weighted by Gasteiger charge is -2.60. The fourth-order valence-electron chi connectivity index (χ4n) is 7.27. The summed E-state index contributed by atoms with van der Waals surface area (Å²) in [5.41, 5.74) is -1.75. The zero-order valence-electron chi connectivity index (χ0n) is 18.2. The molecule has 2 N–H and O–H groups in total. The molecule has 1 aliphatic heterocycles. The summed E-state index contributed by atoms with van der Waals surface area (Å²) in [5, 5.41) is 14.7. The van der Waals surface area contributed by atoms with Crippen LogP contribution in [0.5, 0.6) is 0 Å². The van der Waals surface area contributed by atoms with E-state index in [-0.39, 0.29) is 10.8 Å². The van der Waals surface area contributed by atoms with Crippen LogP contribution in [0.25, 0.3) is 0 Å². The van der Waals surface area contributed by atoms with Crippen molar-refractivity contribution in [2.75, 3.05) is 6.54 Å². The molecule has 4 saturated carbocycles. The van der Waals surface area contributed by atoms with Crippen molar-refractivity contribution in [3.8, 4) is 0 Å². The average molecular weight is 467 g/mol. The quantitative estimate of drug-likeness (QED) is 0.712. The highest BCUT2D eigenvalue weighted by molar-refractivity contribution is 7.89. The fraction of sp³-hybridized carbons (Fsp3) is 0.696.